The highest BCUT2D eigenvalue weighted by molar-refractivity contribution is 7.91. The molecule has 2 aromatic heterocycles. The summed E-state index contributed by atoms with van der Waals surface area (Å²) in [6.45, 7) is 0.392. The Balaban J connectivity index is 1.40. The van der Waals surface area contributed by atoms with E-state index in [9.17, 15) is 26.7 Å². The first-order valence-corrected chi connectivity index (χ1v) is 17.0. The van der Waals surface area contributed by atoms with Crippen LogP contribution in [0, 0.1) is 17.8 Å². The van der Waals surface area contributed by atoms with Crippen molar-refractivity contribution in [3.8, 4) is 0 Å². The van der Waals surface area contributed by atoms with Gasteiger partial charge in [-0.05, 0) is 70.9 Å². The van der Waals surface area contributed by atoms with E-state index in [-0.39, 0.29) is 57.1 Å². The number of nitrogens with one attached hydrogen (secondary N) is 1. The van der Waals surface area contributed by atoms with Crippen LogP contribution in [-0.4, -0.2) is 56.6 Å². The van der Waals surface area contributed by atoms with Gasteiger partial charge in [-0.3, -0.25) is 4.79 Å². The largest absolute Gasteiger partial charge is 0.511 e. The van der Waals surface area contributed by atoms with Gasteiger partial charge in [-0.2, -0.15) is 19.8 Å². The van der Waals surface area contributed by atoms with Gasteiger partial charge in [-0.15, -0.1) is 15.7 Å². The number of carbonyl (C=O) groups excluding carboxylic acids is 1. The highest BCUT2D eigenvalue weighted by Crippen LogP contribution is 2.55. The summed E-state index contributed by atoms with van der Waals surface area (Å²) in [6.07, 6.45) is 4.08. The van der Waals surface area contributed by atoms with Gasteiger partial charge in [0.15, 0.2) is 5.84 Å². The second-order valence-electron chi connectivity index (χ2n) is 10.0. The Kier molecular flexibility index (Phi) is 5.63. The fourth-order valence-corrected chi connectivity index (χ4v) is 10.2. The number of anilines is 1. The van der Waals surface area contributed by atoms with E-state index in [2.05, 4.69) is 9.71 Å². The van der Waals surface area contributed by atoms with E-state index in [1.807, 2.05) is 16.8 Å². The lowest BCUT2D eigenvalue weighted by molar-refractivity contribution is -0.134. The van der Waals surface area contributed by atoms with Gasteiger partial charge < -0.3 is 15.3 Å². The van der Waals surface area contributed by atoms with Crippen LogP contribution in [0.2, 0.25) is 0 Å². The predicted molar refractivity (Wildman–Crippen MR) is 139 cm³/mol. The fraction of sp³-hybridized carbons (Fsp3) is 0.478. The number of hydrogen-bond donors (Lipinski definition) is 2. The van der Waals surface area contributed by atoms with Crippen molar-refractivity contribution in [3.63, 3.8) is 0 Å². The Bertz CT molecular complexity index is 1520. The van der Waals surface area contributed by atoms with Crippen molar-refractivity contribution in [2.24, 2.45) is 22.2 Å². The number of sulfone groups is 1. The minimum Gasteiger partial charge on any atom is -0.511 e. The molecule has 36 heavy (non-hydrogen) atoms. The first-order valence-electron chi connectivity index (χ1n) is 11.7. The standard InChI is InChI=1S/C23H25N3O6S4/c1-35(29,30)7-5-15-11-34-22-20(15)36(31,32)25-21(24-22)17-19(27)16-13-2-3-14(8-13)18(16)26(23(17)28)9-12-4-6-33-10-12/h4,6,10-11,13-14,16,18,27H,2-3,5,7-9H2,1H3,(H,24,25). The van der Waals surface area contributed by atoms with Gasteiger partial charge in [0.2, 0.25) is 0 Å². The molecular formula is C23H25N3O6S4. The van der Waals surface area contributed by atoms with Crippen molar-refractivity contribution in [3.05, 3.63) is 44.7 Å². The number of rotatable bonds is 6. The number of aliphatic hydroxyl groups excluding tert-OH is 1. The molecule has 2 aromatic rings. The summed E-state index contributed by atoms with van der Waals surface area (Å²) in [6, 6.07) is 1.86. The van der Waals surface area contributed by atoms with Gasteiger partial charge in [-0.1, -0.05) is 0 Å². The molecule has 192 valence electrons. The molecule has 4 atom stereocenters. The zero-order valence-corrected chi connectivity index (χ0v) is 22.6. The van der Waals surface area contributed by atoms with E-state index in [1.54, 1.807) is 21.6 Å². The van der Waals surface area contributed by atoms with Crippen LogP contribution in [0.25, 0.3) is 0 Å². The van der Waals surface area contributed by atoms with Crippen molar-refractivity contribution in [2.45, 2.75) is 43.2 Å². The Hall–Kier alpha value is -2.22. The summed E-state index contributed by atoms with van der Waals surface area (Å²) in [4.78, 5) is 15.6. The first kappa shape index (κ1) is 24.1. The third kappa shape index (κ3) is 3.91. The number of nitrogens with zero attached hydrogens (tertiary/aromatic N) is 2. The number of amides is 1. The van der Waals surface area contributed by atoms with E-state index in [1.165, 1.54) is 0 Å². The normalized spacial score (nSPS) is 28.6. The Labute approximate surface area is 217 Å². The highest BCUT2D eigenvalue weighted by Gasteiger charge is 2.57. The lowest BCUT2D eigenvalue weighted by Gasteiger charge is -2.44. The number of thiophene rings is 2. The summed E-state index contributed by atoms with van der Waals surface area (Å²) in [5.41, 5.74) is 1.29. The molecule has 2 aliphatic carbocycles. The zero-order chi connectivity index (χ0) is 25.4. The van der Waals surface area contributed by atoms with E-state index in [4.69, 9.17) is 0 Å². The van der Waals surface area contributed by atoms with Gasteiger partial charge in [0.1, 0.15) is 31.1 Å². The molecule has 4 heterocycles. The maximum absolute atomic E-state index is 13.9. The maximum atomic E-state index is 13.9. The molecule has 0 saturated heterocycles. The lowest BCUT2D eigenvalue weighted by atomic mass is 9.77. The molecule has 1 amide bonds. The third-order valence-electron chi connectivity index (χ3n) is 7.71. The molecular weight excluding hydrogens is 543 g/mol. The molecule has 2 fully saturated rings. The number of fused-ring (bicyclic) bond motifs is 6. The van der Waals surface area contributed by atoms with Crippen molar-refractivity contribution < 1.29 is 26.7 Å². The Morgan fingerprint density at radius 1 is 1.25 bits per heavy atom. The van der Waals surface area contributed by atoms with Gasteiger partial charge in [0.25, 0.3) is 15.9 Å². The molecule has 13 heteroatoms. The molecule has 2 saturated carbocycles. The molecule has 4 aliphatic rings. The van der Waals surface area contributed by atoms with Gasteiger partial charge in [-0.25, -0.2) is 8.42 Å². The minimum atomic E-state index is -4.22. The van der Waals surface area contributed by atoms with Crippen LogP contribution in [0.5, 0.6) is 0 Å². The van der Waals surface area contributed by atoms with Crippen LogP contribution in [0.1, 0.15) is 30.4 Å². The number of sulfonamides is 1. The first-order chi connectivity index (χ1) is 17.0. The average molecular weight is 568 g/mol. The zero-order valence-electron chi connectivity index (χ0n) is 19.4. The van der Waals surface area contributed by atoms with Crippen molar-refractivity contribution in [1.29, 1.82) is 0 Å². The SMILES string of the molecule is CS(=O)(=O)CCc1csc2c1S(=O)(=O)N=C(C1=C(O)C3C4CCC(C4)C3N(Cc3ccsc3)C1=O)N2. The predicted octanol–water partition coefficient (Wildman–Crippen LogP) is 3.18. The van der Waals surface area contributed by atoms with Gasteiger partial charge in [0, 0.05) is 24.8 Å². The highest BCUT2D eigenvalue weighted by atomic mass is 32.2. The summed E-state index contributed by atoms with van der Waals surface area (Å²) in [7, 11) is -7.50. The summed E-state index contributed by atoms with van der Waals surface area (Å²) in [5.74, 6) is -0.527. The number of amidine groups is 1. The third-order valence-corrected chi connectivity index (χ3v) is 11.9. The van der Waals surface area contributed by atoms with Crippen LogP contribution in [0.3, 0.4) is 0 Å². The Morgan fingerprint density at radius 3 is 2.75 bits per heavy atom. The van der Waals surface area contributed by atoms with Crippen LogP contribution in [-0.2, 0) is 37.6 Å². The summed E-state index contributed by atoms with van der Waals surface area (Å²) >= 11 is 2.67. The lowest BCUT2D eigenvalue weighted by Crippen LogP contribution is -2.53. The van der Waals surface area contributed by atoms with Gasteiger partial charge >= 0.3 is 0 Å². The molecule has 2 bridgehead atoms. The van der Waals surface area contributed by atoms with E-state index in [0.717, 1.165) is 42.4 Å². The van der Waals surface area contributed by atoms with Crippen LogP contribution in [0.4, 0.5) is 5.00 Å². The topological polar surface area (TPSA) is 133 Å². The van der Waals surface area contributed by atoms with Crippen molar-refractivity contribution in [2.75, 3.05) is 17.3 Å². The second kappa shape index (κ2) is 8.40. The monoisotopic (exact) mass is 567 g/mol. The fourth-order valence-electron chi connectivity index (χ4n) is 6.25. The minimum absolute atomic E-state index is 0.0462. The number of aryl methyl sites for hydroxylation is 1. The molecule has 0 aromatic carbocycles. The van der Waals surface area contributed by atoms with Gasteiger partial charge in [0.05, 0.1) is 5.75 Å². The molecule has 9 nitrogen and oxygen atoms in total. The van der Waals surface area contributed by atoms with E-state index >= 15 is 0 Å². The van der Waals surface area contributed by atoms with Crippen molar-refractivity contribution in [1.82, 2.24) is 4.90 Å². The number of carbonyl (C=O) groups is 1. The molecule has 2 N–H and O–H groups in total. The summed E-state index contributed by atoms with van der Waals surface area (Å²) < 4.78 is 53.6. The molecule has 2 aliphatic heterocycles. The quantitative estimate of drug-likeness (QED) is 0.548. The van der Waals surface area contributed by atoms with Crippen molar-refractivity contribution >= 4 is 59.3 Å². The smallest absolute Gasteiger partial charge is 0.287 e. The molecule has 0 spiro atoms. The summed E-state index contributed by atoms with van der Waals surface area (Å²) in [5, 5.41) is 20.2. The number of hydrogen-bond acceptors (Lipinski definition) is 9. The van der Waals surface area contributed by atoms with Crippen LogP contribution < -0.4 is 5.32 Å². The van der Waals surface area contributed by atoms with Crippen LogP contribution >= 0.6 is 22.7 Å². The molecule has 4 unspecified atom stereocenters. The maximum Gasteiger partial charge on any atom is 0.287 e. The second-order valence-corrected chi connectivity index (χ2v) is 15.5. The van der Waals surface area contributed by atoms with E-state index < -0.39 is 25.8 Å². The van der Waals surface area contributed by atoms with E-state index in [0.29, 0.717) is 18.0 Å². The van der Waals surface area contributed by atoms with Crippen LogP contribution in [0.15, 0.2) is 42.8 Å². The molecule has 6 rings (SSSR count). The number of aliphatic hydroxyl groups is 1. The Morgan fingerprint density at radius 2 is 2.03 bits per heavy atom. The average Bonchev–Trinajstić information content (AvgIpc) is 3.58. The molecule has 0 radical (unpaired) electrons.